The molecular formula is C19H18N4O. The molecule has 24 heavy (non-hydrogen) atoms. The molecule has 3 N–H and O–H groups in total. The number of aldehydes is 1. The zero-order chi connectivity index (χ0) is 16.4. The number of benzene rings is 3. The van der Waals surface area contributed by atoms with E-state index in [1.807, 2.05) is 36.4 Å². The maximum atomic E-state index is 11.7. The number of carbonyl (C=O) groups excluding carboxylic acids is 1. The summed E-state index contributed by atoms with van der Waals surface area (Å²) in [7, 11) is 0. The third kappa shape index (κ3) is 2.49. The van der Waals surface area contributed by atoms with Gasteiger partial charge in [-0.2, -0.15) is 0 Å². The van der Waals surface area contributed by atoms with E-state index >= 15 is 0 Å². The molecular weight excluding hydrogens is 300 g/mol. The number of hydrazine groups is 1. The highest BCUT2D eigenvalue weighted by Crippen LogP contribution is 2.31. The van der Waals surface area contributed by atoms with Gasteiger partial charge in [-0.1, -0.05) is 48.5 Å². The SMILES string of the molecule is O=Cc1c2ccccc2c(CNNC2=NCCN2)c2ccccc12. The van der Waals surface area contributed by atoms with Gasteiger partial charge in [0.25, 0.3) is 0 Å². The van der Waals surface area contributed by atoms with Crippen molar-refractivity contribution in [1.82, 2.24) is 16.2 Å². The average Bonchev–Trinajstić information content (AvgIpc) is 3.14. The minimum atomic E-state index is 0.626. The van der Waals surface area contributed by atoms with E-state index in [1.54, 1.807) is 0 Å². The van der Waals surface area contributed by atoms with Gasteiger partial charge in [0.05, 0.1) is 6.54 Å². The predicted molar refractivity (Wildman–Crippen MR) is 97.1 cm³/mol. The smallest absolute Gasteiger partial charge is 0.206 e. The van der Waals surface area contributed by atoms with Crippen molar-refractivity contribution in [3.63, 3.8) is 0 Å². The van der Waals surface area contributed by atoms with E-state index in [0.717, 1.165) is 58.0 Å². The fourth-order valence-electron chi connectivity index (χ4n) is 3.27. The summed E-state index contributed by atoms with van der Waals surface area (Å²) in [6.45, 7) is 2.29. The molecule has 1 aliphatic heterocycles. The Morgan fingerprint density at radius 1 is 1.00 bits per heavy atom. The lowest BCUT2D eigenvalue weighted by Crippen LogP contribution is -2.42. The molecule has 0 atom stereocenters. The lowest BCUT2D eigenvalue weighted by atomic mass is 9.92. The zero-order valence-corrected chi connectivity index (χ0v) is 13.2. The first kappa shape index (κ1) is 14.7. The van der Waals surface area contributed by atoms with Crippen molar-refractivity contribution in [1.29, 1.82) is 0 Å². The van der Waals surface area contributed by atoms with Crippen molar-refractivity contribution in [3.05, 3.63) is 59.7 Å². The van der Waals surface area contributed by atoms with Crippen molar-refractivity contribution >= 4 is 33.8 Å². The van der Waals surface area contributed by atoms with E-state index in [2.05, 4.69) is 33.3 Å². The van der Waals surface area contributed by atoms with Crippen LogP contribution in [0.1, 0.15) is 15.9 Å². The minimum absolute atomic E-state index is 0.626. The topological polar surface area (TPSA) is 65.5 Å². The van der Waals surface area contributed by atoms with Gasteiger partial charge in [-0.25, -0.2) is 5.43 Å². The van der Waals surface area contributed by atoms with Crippen LogP contribution in [0.4, 0.5) is 0 Å². The van der Waals surface area contributed by atoms with Crippen molar-refractivity contribution < 1.29 is 4.79 Å². The van der Waals surface area contributed by atoms with Crippen LogP contribution < -0.4 is 16.2 Å². The third-order valence-corrected chi connectivity index (χ3v) is 4.35. The molecule has 0 saturated carbocycles. The molecule has 120 valence electrons. The van der Waals surface area contributed by atoms with Crippen LogP contribution in [0, 0.1) is 0 Å². The second kappa shape index (κ2) is 6.29. The fourth-order valence-corrected chi connectivity index (χ4v) is 3.27. The summed E-state index contributed by atoms with van der Waals surface area (Å²) in [4.78, 5) is 16.0. The Balaban J connectivity index is 1.81. The summed E-state index contributed by atoms with van der Waals surface area (Å²) >= 11 is 0. The van der Waals surface area contributed by atoms with Gasteiger partial charge in [-0.3, -0.25) is 15.2 Å². The van der Waals surface area contributed by atoms with Gasteiger partial charge >= 0.3 is 0 Å². The van der Waals surface area contributed by atoms with Crippen molar-refractivity contribution in [2.45, 2.75) is 6.54 Å². The molecule has 0 bridgehead atoms. The van der Waals surface area contributed by atoms with Gasteiger partial charge in [-0.05, 0) is 27.1 Å². The number of nitrogens with one attached hydrogen (secondary N) is 3. The number of guanidine groups is 1. The number of hydrogen-bond acceptors (Lipinski definition) is 5. The summed E-state index contributed by atoms with van der Waals surface area (Å²) in [5.74, 6) is 0.771. The molecule has 0 fully saturated rings. The van der Waals surface area contributed by atoms with Gasteiger partial charge in [-0.15, -0.1) is 0 Å². The Morgan fingerprint density at radius 3 is 2.17 bits per heavy atom. The van der Waals surface area contributed by atoms with E-state index in [-0.39, 0.29) is 0 Å². The van der Waals surface area contributed by atoms with E-state index in [4.69, 9.17) is 0 Å². The monoisotopic (exact) mass is 318 g/mol. The second-order valence-electron chi connectivity index (χ2n) is 5.74. The Labute approximate surface area is 139 Å². The third-order valence-electron chi connectivity index (χ3n) is 4.35. The molecule has 3 aromatic rings. The van der Waals surface area contributed by atoms with E-state index in [9.17, 15) is 4.79 Å². The Morgan fingerprint density at radius 2 is 1.62 bits per heavy atom. The number of carbonyl (C=O) groups is 1. The summed E-state index contributed by atoms with van der Waals surface area (Å²) in [6.07, 6.45) is 0.956. The highest BCUT2D eigenvalue weighted by Gasteiger charge is 2.13. The Kier molecular flexibility index (Phi) is 3.84. The van der Waals surface area contributed by atoms with E-state index in [0.29, 0.717) is 6.54 Å². The molecule has 0 unspecified atom stereocenters. The first-order valence-corrected chi connectivity index (χ1v) is 8.03. The summed E-state index contributed by atoms with van der Waals surface area (Å²) in [5, 5.41) is 7.32. The highest BCUT2D eigenvalue weighted by atomic mass is 16.1. The van der Waals surface area contributed by atoms with Crippen LogP contribution in [0.25, 0.3) is 21.5 Å². The average molecular weight is 318 g/mol. The molecule has 0 spiro atoms. The molecule has 0 radical (unpaired) electrons. The van der Waals surface area contributed by atoms with Gasteiger partial charge in [0.15, 0.2) is 6.29 Å². The van der Waals surface area contributed by atoms with Crippen molar-refractivity contribution in [3.8, 4) is 0 Å². The van der Waals surface area contributed by atoms with E-state index in [1.165, 1.54) is 0 Å². The molecule has 1 aliphatic rings. The molecule has 0 aliphatic carbocycles. The Bertz CT molecular complexity index is 892. The zero-order valence-electron chi connectivity index (χ0n) is 13.2. The predicted octanol–water partition coefficient (Wildman–Crippen LogP) is 2.36. The minimum Gasteiger partial charge on any atom is -0.353 e. The number of rotatable bonds is 4. The lowest BCUT2D eigenvalue weighted by molar-refractivity contribution is 0.112. The van der Waals surface area contributed by atoms with Crippen LogP contribution in [0.3, 0.4) is 0 Å². The number of nitrogens with zero attached hydrogens (tertiary/aromatic N) is 1. The maximum Gasteiger partial charge on any atom is 0.206 e. The normalized spacial score (nSPS) is 13.8. The van der Waals surface area contributed by atoms with Gasteiger partial charge in [0.2, 0.25) is 5.96 Å². The van der Waals surface area contributed by atoms with Crippen LogP contribution >= 0.6 is 0 Å². The first-order chi connectivity index (χ1) is 11.9. The fraction of sp³-hybridized carbons (Fsp3) is 0.158. The van der Waals surface area contributed by atoms with Crippen LogP contribution in [0.2, 0.25) is 0 Å². The molecule has 0 saturated heterocycles. The summed E-state index contributed by atoms with van der Waals surface area (Å²) in [6, 6.07) is 16.1. The van der Waals surface area contributed by atoms with Crippen LogP contribution in [-0.4, -0.2) is 25.3 Å². The number of aliphatic imine (C=N–C) groups is 1. The van der Waals surface area contributed by atoms with Gasteiger partial charge in [0, 0.05) is 18.7 Å². The molecule has 1 heterocycles. The maximum absolute atomic E-state index is 11.7. The Hall–Kier alpha value is -2.92. The quantitative estimate of drug-likeness (QED) is 0.392. The molecule has 3 aromatic carbocycles. The molecule has 0 amide bonds. The standard InChI is InChI=1S/C19H18N4O/c24-12-18-15-7-3-1-5-13(15)17(14-6-2-4-8-16(14)18)11-22-23-19-20-9-10-21-19/h1-8,12,22H,9-11H2,(H2,20,21,23). The number of hydrogen-bond donors (Lipinski definition) is 3. The first-order valence-electron chi connectivity index (χ1n) is 8.03. The van der Waals surface area contributed by atoms with Crippen molar-refractivity contribution in [2.24, 2.45) is 4.99 Å². The van der Waals surface area contributed by atoms with Crippen LogP contribution in [0.5, 0.6) is 0 Å². The summed E-state index contributed by atoms with van der Waals surface area (Å²) in [5.41, 5.74) is 8.26. The van der Waals surface area contributed by atoms with Crippen LogP contribution in [-0.2, 0) is 6.54 Å². The number of fused-ring (bicyclic) bond motifs is 2. The lowest BCUT2D eigenvalue weighted by Gasteiger charge is -2.15. The molecule has 4 rings (SSSR count). The van der Waals surface area contributed by atoms with Gasteiger partial charge < -0.3 is 5.32 Å². The molecule has 5 nitrogen and oxygen atoms in total. The summed E-state index contributed by atoms with van der Waals surface area (Å²) < 4.78 is 0. The van der Waals surface area contributed by atoms with E-state index < -0.39 is 0 Å². The van der Waals surface area contributed by atoms with Gasteiger partial charge in [0.1, 0.15) is 0 Å². The molecule has 5 heteroatoms. The highest BCUT2D eigenvalue weighted by molar-refractivity contribution is 6.14. The van der Waals surface area contributed by atoms with Crippen molar-refractivity contribution in [2.75, 3.05) is 13.1 Å². The largest absolute Gasteiger partial charge is 0.353 e. The van der Waals surface area contributed by atoms with Crippen LogP contribution in [0.15, 0.2) is 53.5 Å². The molecule has 0 aromatic heterocycles. The second-order valence-corrected chi connectivity index (χ2v) is 5.74.